The summed E-state index contributed by atoms with van der Waals surface area (Å²) in [4.78, 5) is 0. The lowest BCUT2D eigenvalue weighted by molar-refractivity contribution is 0.251. The summed E-state index contributed by atoms with van der Waals surface area (Å²) in [6.07, 6.45) is 20.2. The predicted octanol–water partition coefficient (Wildman–Crippen LogP) is 4.48. The molecule has 1 rings (SSSR count). The van der Waals surface area contributed by atoms with Crippen molar-refractivity contribution in [2.24, 2.45) is 0 Å². The van der Waals surface area contributed by atoms with Crippen LogP contribution in [0.15, 0.2) is 72.6 Å². The molecule has 0 bridgehead atoms. The molecule has 0 radical (unpaired) electrons. The van der Waals surface area contributed by atoms with Crippen molar-refractivity contribution in [2.75, 3.05) is 6.61 Å². The van der Waals surface area contributed by atoms with Crippen LogP contribution in [0.5, 0.6) is 0 Å². The Balaban J connectivity index is 2.53. The molecule has 0 aromatic heterocycles. The standard InChI is InChI=1S/C16H20O/c1-3-5-13-16(4-2)17-14-15-11-9-7-6-8-10-12-15/h3-5,7-11,13H,2,6,12,14H2,1H3/b5-3+,9-7?,10-8-,15-11+,16-13+. The van der Waals surface area contributed by atoms with Crippen molar-refractivity contribution in [2.45, 2.75) is 19.8 Å². The van der Waals surface area contributed by atoms with E-state index >= 15 is 0 Å². The Labute approximate surface area is 104 Å². The van der Waals surface area contributed by atoms with Gasteiger partial charge in [-0.25, -0.2) is 0 Å². The SMILES string of the molecule is C=C/C(=C\C=C\C)OC/C1=C/C=CC/C=C\C1. The van der Waals surface area contributed by atoms with Crippen LogP contribution in [0.3, 0.4) is 0 Å². The van der Waals surface area contributed by atoms with E-state index in [2.05, 4.69) is 37.0 Å². The van der Waals surface area contributed by atoms with Crippen molar-refractivity contribution in [3.63, 3.8) is 0 Å². The number of hydrogen-bond acceptors (Lipinski definition) is 1. The minimum absolute atomic E-state index is 0.615. The van der Waals surface area contributed by atoms with Gasteiger partial charge in [0.1, 0.15) is 12.4 Å². The quantitative estimate of drug-likeness (QED) is 0.383. The van der Waals surface area contributed by atoms with E-state index in [1.54, 1.807) is 6.08 Å². The minimum Gasteiger partial charge on any atom is -0.489 e. The van der Waals surface area contributed by atoms with Crippen molar-refractivity contribution in [3.05, 3.63) is 72.6 Å². The molecule has 0 saturated carbocycles. The molecule has 0 N–H and O–H groups in total. The lowest BCUT2D eigenvalue weighted by Gasteiger charge is -2.09. The number of allylic oxidation sites excluding steroid dienone is 9. The van der Waals surface area contributed by atoms with Crippen molar-refractivity contribution >= 4 is 0 Å². The molecule has 1 aliphatic carbocycles. The zero-order valence-corrected chi connectivity index (χ0v) is 10.4. The van der Waals surface area contributed by atoms with Crippen LogP contribution in [0.1, 0.15) is 19.8 Å². The zero-order valence-electron chi connectivity index (χ0n) is 10.4. The summed E-state index contributed by atoms with van der Waals surface area (Å²) >= 11 is 0. The maximum atomic E-state index is 5.68. The van der Waals surface area contributed by atoms with Crippen LogP contribution in [0.25, 0.3) is 0 Å². The largest absolute Gasteiger partial charge is 0.489 e. The molecule has 0 spiro atoms. The Morgan fingerprint density at radius 1 is 1.41 bits per heavy atom. The highest BCUT2D eigenvalue weighted by Crippen LogP contribution is 2.10. The summed E-state index contributed by atoms with van der Waals surface area (Å²) in [6.45, 7) is 6.33. The average Bonchev–Trinajstić information content (AvgIpc) is 2.31. The molecule has 0 atom stereocenters. The van der Waals surface area contributed by atoms with Crippen LogP contribution in [0.4, 0.5) is 0 Å². The Morgan fingerprint density at radius 2 is 2.29 bits per heavy atom. The van der Waals surface area contributed by atoms with Crippen LogP contribution in [0, 0.1) is 0 Å². The molecule has 0 unspecified atom stereocenters. The summed E-state index contributed by atoms with van der Waals surface area (Å²) in [7, 11) is 0. The highest BCUT2D eigenvalue weighted by molar-refractivity contribution is 5.21. The average molecular weight is 228 g/mol. The fourth-order valence-corrected chi connectivity index (χ4v) is 1.41. The topological polar surface area (TPSA) is 9.23 Å². The van der Waals surface area contributed by atoms with Crippen molar-refractivity contribution in [1.29, 1.82) is 0 Å². The van der Waals surface area contributed by atoms with Gasteiger partial charge in [0.2, 0.25) is 0 Å². The van der Waals surface area contributed by atoms with E-state index in [-0.39, 0.29) is 0 Å². The van der Waals surface area contributed by atoms with E-state index in [9.17, 15) is 0 Å². The second-order valence-electron chi connectivity index (χ2n) is 3.75. The first-order valence-corrected chi connectivity index (χ1v) is 5.94. The number of hydrogen-bond donors (Lipinski definition) is 0. The van der Waals surface area contributed by atoms with Crippen molar-refractivity contribution in [3.8, 4) is 0 Å². The van der Waals surface area contributed by atoms with Gasteiger partial charge < -0.3 is 4.74 Å². The first kappa shape index (κ1) is 13.3. The summed E-state index contributed by atoms with van der Waals surface area (Å²) < 4.78 is 5.68. The summed E-state index contributed by atoms with van der Waals surface area (Å²) in [5.74, 6) is 0.805. The second-order valence-corrected chi connectivity index (χ2v) is 3.75. The molecule has 17 heavy (non-hydrogen) atoms. The lowest BCUT2D eigenvalue weighted by Crippen LogP contribution is -1.97. The van der Waals surface area contributed by atoms with Crippen LogP contribution < -0.4 is 0 Å². The molecule has 0 aliphatic heterocycles. The Bertz CT molecular complexity index is 378. The molecule has 0 saturated heterocycles. The van der Waals surface area contributed by atoms with E-state index in [4.69, 9.17) is 4.74 Å². The normalized spacial score (nSPS) is 21.5. The van der Waals surface area contributed by atoms with Crippen LogP contribution in [0.2, 0.25) is 0 Å². The maximum Gasteiger partial charge on any atom is 0.119 e. The third-order valence-corrected chi connectivity index (χ3v) is 2.37. The van der Waals surface area contributed by atoms with Gasteiger partial charge in [0.05, 0.1) is 0 Å². The van der Waals surface area contributed by atoms with Crippen LogP contribution >= 0.6 is 0 Å². The molecule has 0 aromatic carbocycles. The first-order valence-electron chi connectivity index (χ1n) is 5.94. The molecular weight excluding hydrogens is 208 g/mol. The van der Waals surface area contributed by atoms with E-state index in [0.717, 1.165) is 18.6 Å². The molecular formula is C16H20O. The molecule has 1 heteroatoms. The minimum atomic E-state index is 0.615. The third-order valence-electron chi connectivity index (χ3n) is 2.37. The molecule has 1 nitrogen and oxygen atoms in total. The Morgan fingerprint density at radius 3 is 3.06 bits per heavy atom. The molecule has 90 valence electrons. The Hall–Kier alpha value is -1.76. The first-order chi connectivity index (χ1) is 8.36. The third kappa shape index (κ3) is 5.76. The highest BCUT2D eigenvalue weighted by atomic mass is 16.5. The Kier molecular flexibility index (Phi) is 6.57. The van der Waals surface area contributed by atoms with Gasteiger partial charge in [-0.05, 0) is 37.5 Å². The van der Waals surface area contributed by atoms with Crippen LogP contribution in [-0.4, -0.2) is 6.61 Å². The summed E-state index contributed by atoms with van der Waals surface area (Å²) in [6, 6.07) is 0. The van der Waals surface area contributed by atoms with Crippen molar-refractivity contribution < 1.29 is 4.74 Å². The van der Waals surface area contributed by atoms with Crippen molar-refractivity contribution in [1.82, 2.24) is 0 Å². The van der Waals surface area contributed by atoms with Gasteiger partial charge >= 0.3 is 0 Å². The molecule has 0 aromatic rings. The van der Waals surface area contributed by atoms with E-state index < -0.39 is 0 Å². The fourth-order valence-electron chi connectivity index (χ4n) is 1.41. The van der Waals surface area contributed by atoms with Gasteiger partial charge in [0, 0.05) is 0 Å². The van der Waals surface area contributed by atoms with Crippen LogP contribution in [-0.2, 0) is 4.74 Å². The highest BCUT2D eigenvalue weighted by Gasteiger charge is 1.98. The number of ether oxygens (including phenoxy) is 1. The summed E-state index contributed by atoms with van der Waals surface area (Å²) in [5.41, 5.74) is 1.27. The van der Waals surface area contributed by atoms with Gasteiger partial charge in [-0.2, -0.15) is 0 Å². The number of rotatable bonds is 5. The monoisotopic (exact) mass is 228 g/mol. The smallest absolute Gasteiger partial charge is 0.119 e. The fraction of sp³-hybridized carbons (Fsp3) is 0.250. The molecule has 0 amide bonds. The molecule has 0 fully saturated rings. The lowest BCUT2D eigenvalue weighted by atomic mass is 10.1. The molecule has 0 heterocycles. The zero-order chi connectivity index (χ0) is 12.3. The van der Waals surface area contributed by atoms with E-state index in [1.807, 2.05) is 25.2 Å². The van der Waals surface area contributed by atoms with Gasteiger partial charge in [0.25, 0.3) is 0 Å². The summed E-state index contributed by atoms with van der Waals surface area (Å²) in [5, 5.41) is 0. The van der Waals surface area contributed by atoms with Gasteiger partial charge in [0.15, 0.2) is 0 Å². The van der Waals surface area contributed by atoms with Gasteiger partial charge in [-0.15, -0.1) is 0 Å². The van der Waals surface area contributed by atoms with E-state index in [0.29, 0.717) is 6.61 Å². The second kappa shape index (κ2) is 8.40. The van der Waals surface area contributed by atoms with E-state index in [1.165, 1.54) is 5.57 Å². The predicted molar refractivity (Wildman–Crippen MR) is 74.6 cm³/mol. The maximum absolute atomic E-state index is 5.68. The molecule has 1 aliphatic rings. The van der Waals surface area contributed by atoms with Gasteiger partial charge in [-0.3, -0.25) is 0 Å². The van der Waals surface area contributed by atoms with Gasteiger partial charge in [-0.1, -0.05) is 49.1 Å².